The minimum absolute atomic E-state index is 0.355. The molecule has 0 aliphatic carbocycles. The molecule has 1 amide bonds. The van der Waals surface area contributed by atoms with Crippen molar-refractivity contribution in [3.05, 3.63) is 11.1 Å². The summed E-state index contributed by atoms with van der Waals surface area (Å²) in [7, 11) is 0. The van der Waals surface area contributed by atoms with E-state index in [2.05, 4.69) is 5.32 Å². The number of carbonyl (C=O) groups is 1. The van der Waals surface area contributed by atoms with E-state index in [1.54, 1.807) is 11.8 Å². The SMILES string of the molecule is CC(C)(C)OC(=O)NC1=CSCCC1. The van der Waals surface area contributed by atoms with Gasteiger partial charge in [0.25, 0.3) is 0 Å². The van der Waals surface area contributed by atoms with E-state index in [1.165, 1.54) is 0 Å². The van der Waals surface area contributed by atoms with Crippen LogP contribution in [0.5, 0.6) is 0 Å². The van der Waals surface area contributed by atoms with Gasteiger partial charge in [-0.1, -0.05) is 0 Å². The first kappa shape index (κ1) is 11.4. The maximum absolute atomic E-state index is 11.3. The van der Waals surface area contributed by atoms with Gasteiger partial charge in [-0.3, -0.25) is 5.32 Å². The first-order chi connectivity index (χ1) is 6.47. The Morgan fingerprint density at radius 2 is 2.29 bits per heavy atom. The Bertz CT molecular complexity index is 243. The molecule has 1 aliphatic heterocycles. The molecule has 0 radical (unpaired) electrons. The average Bonchev–Trinajstić information content (AvgIpc) is 2.02. The number of allylic oxidation sites excluding steroid dienone is 1. The first-order valence-corrected chi connectivity index (χ1v) is 5.83. The van der Waals surface area contributed by atoms with E-state index >= 15 is 0 Å². The van der Waals surface area contributed by atoms with Crippen LogP contribution in [0.3, 0.4) is 0 Å². The number of hydrogen-bond acceptors (Lipinski definition) is 3. The lowest BCUT2D eigenvalue weighted by Gasteiger charge is -2.21. The van der Waals surface area contributed by atoms with Crippen LogP contribution >= 0.6 is 11.8 Å². The van der Waals surface area contributed by atoms with E-state index in [4.69, 9.17) is 4.74 Å². The summed E-state index contributed by atoms with van der Waals surface area (Å²) in [6, 6.07) is 0. The lowest BCUT2D eigenvalue weighted by Crippen LogP contribution is -2.32. The fourth-order valence-electron chi connectivity index (χ4n) is 1.09. The van der Waals surface area contributed by atoms with Gasteiger partial charge >= 0.3 is 6.09 Å². The van der Waals surface area contributed by atoms with Crippen LogP contribution < -0.4 is 5.32 Å². The highest BCUT2D eigenvalue weighted by Crippen LogP contribution is 2.19. The number of hydrogen-bond donors (Lipinski definition) is 1. The summed E-state index contributed by atoms with van der Waals surface area (Å²) < 4.78 is 5.14. The molecule has 14 heavy (non-hydrogen) atoms. The first-order valence-electron chi connectivity index (χ1n) is 4.78. The minimum atomic E-state index is -0.424. The molecule has 1 heterocycles. The third-order valence-electron chi connectivity index (χ3n) is 1.60. The Morgan fingerprint density at radius 1 is 1.57 bits per heavy atom. The molecule has 0 aromatic heterocycles. The molecule has 0 fully saturated rings. The summed E-state index contributed by atoms with van der Waals surface area (Å²) >= 11 is 1.73. The van der Waals surface area contributed by atoms with Gasteiger partial charge < -0.3 is 4.74 Å². The molecular formula is C10H17NO2S. The Balaban J connectivity index is 2.36. The van der Waals surface area contributed by atoms with Crippen molar-refractivity contribution in [1.82, 2.24) is 5.32 Å². The summed E-state index contributed by atoms with van der Waals surface area (Å²) in [6.07, 6.45) is 1.70. The van der Waals surface area contributed by atoms with Crippen molar-refractivity contribution in [2.75, 3.05) is 5.75 Å². The zero-order valence-electron chi connectivity index (χ0n) is 8.92. The molecule has 0 aromatic rings. The molecule has 1 aliphatic rings. The van der Waals surface area contributed by atoms with Crippen molar-refractivity contribution in [1.29, 1.82) is 0 Å². The van der Waals surface area contributed by atoms with Crippen LogP contribution in [0, 0.1) is 0 Å². The van der Waals surface area contributed by atoms with Gasteiger partial charge in [0.15, 0.2) is 0 Å². The third-order valence-corrected chi connectivity index (χ3v) is 2.57. The largest absolute Gasteiger partial charge is 0.444 e. The van der Waals surface area contributed by atoms with E-state index in [0.717, 1.165) is 24.3 Å². The Morgan fingerprint density at radius 3 is 2.79 bits per heavy atom. The van der Waals surface area contributed by atoms with Crippen LogP contribution in [0.4, 0.5) is 4.79 Å². The molecule has 1 rings (SSSR count). The minimum Gasteiger partial charge on any atom is -0.444 e. The van der Waals surface area contributed by atoms with Gasteiger partial charge in [-0.25, -0.2) is 4.79 Å². The van der Waals surface area contributed by atoms with Crippen molar-refractivity contribution < 1.29 is 9.53 Å². The van der Waals surface area contributed by atoms with Gasteiger partial charge in [-0.15, -0.1) is 11.8 Å². The summed E-state index contributed by atoms with van der Waals surface area (Å²) in [5.74, 6) is 1.14. The predicted octanol–water partition coefficient (Wildman–Crippen LogP) is 2.88. The van der Waals surface area contributed by atoms with Crippen LogP contribution in [0.15, 0.2) is 11.1 Å². The van der Waals surface area contributed by atoms with Gasteiger partial charge in [0, 0.05) is 5.70 Å². The number of rotatable bonds is 1. The van der Waals surface area contributed by atoms with E-state index < -0.39 is 5.60 Å². The van der Waals surface area contributed by atoms with Crippen molar-refractivity contribution >= 4 is 17.9 Å². The molecule has 0 spiro atoms. The second kappa shape index (κ2) is 4.73. The highest BCUT2D eigenvalue weighted by molar-refractivity contribution is 8.02. The average molecular weight is 215 g/mol. The van der Waals surface area contributed by atoms with E-state index in [1.807, 2.05) is 26.2 Å². The van der Waals surface area contributed by atoms with Crippen LogP contribution in [0.2, 0.25) is 0 Å². The number of alkyl carbamates (subject to hydrolysis) is 1. The maximum atomic E-state index is 11.3. The van der Waals surface area contributed by atoms with E-state index in [0.29, 0.717) is 0 Å². The monoisotopic (exact) mass is 215 g/mol. The summed E-state index contributed by atoms with van der Waals surface area (Å²) in [5.41, 5.74) is 0.544. The lowest BCUT2D eigenvalue weighted by molar-refractivity contribution is 0.0544. The summed E-state index contributed by atoms with van der Waals surface area (Å²) in [5, 5.41) is 4.75. The topological polar surface area (TPSA) is 38.3 Å². The molecule has 80 valence electrons. The summed E-state index contributed by atoms with van der Waals surface area (Å²) in [4.78, 5) is 11.3. The van der Waals surface area contributed by atoms with E-state index in [-0.39, 0.29) is 6.09 Å². The quantitative estimate of drug-likeness (QED) is 0.731. The molecule has 3 nitrogen and oxygen atoms in total. The molecule has 0 aromatic carbocycles. The molecule has 0 bridgehead atoms. The van der Waals surface area contributed by atoms with Gasteiger partial charge in [0.2, 0.25) is 0 Å². The Kier molecular flexibility index (Phi) is 3.86. The molecular weight excluding hydrogens is 198 g/mol. The van der Waals surface area contributed by atoms with Crippen molar-refractivity contribution in [3.8, 4) is 0 Å². The van der Waals surface area contributed by atoms with Crippen molar-refractivity contribution in [2.45, 2.75) is 39.2 Å². The van der Waals surface area contributed by atoms with Gasteiger partial charge in [0.05, 0.1) is 0 Å². The molecule has 0 atom stereocenters. The normalized spacial score (nSPS) is 17.2. The van der Waals surface area contributed by atoms with Crippen molar-refractivity contribution in [3.63, 3.8) is 0 Å². The number of ether oxygens (including phenoxy) is 1. The maximum Gasteiger partial charge on any atom is 0.411 e. The molecule has 0 unspecified atom stereocenters. The number of thioether (sulfide) groups is 1. The summed E-state index contributed by atoms with van der Waals surface area (Å²) in [6.45, 7) is 5.57. The van der Waals surface area contributed by atoms with Gasteiger partial charge in [0.1, 0.15) is 5.60 Å². The third kappa shape index (κ3) is 4.56. The number of carbonyl (C=O) groups excluding carboxylic acids is 1. The second-order valence-electron chi connectivity index (χ2n) is 4.24. The van der Waals surface area contributed by atoms with Crippen LogP contribution in [-0.4, -0.2) is 17.4 Å². The Hall–Kier alpha value is -0.640. The van der Waals surface area contributed by atoms with Crippen LogP contribution in [0.1, 0.15) is 33.6 Å². The van der Waals surface area contributed by atoms with Crippen LogP contribution in [-0.2, 0) is 4.74 Å². The highest BCUT2D eigenvalue weighted by atomic mass is 32.2. The van der Waals surface area contributed by atoms with E-state index in [9.17, 15) is 4.79 Å². The molecule has 1 N–H and O–H groups in total. The Labute approximate surface area is 89.3 Å². The zero-order valence-corrected chi connectivity index (χ0v) is 9.74. The van der Waals surface area contributed by atoms with Crippen LogP contribution in [0.25, 0.3) is 0 Å². The second-order valence-corrected chi connectivity index (χ2v) is 5.22. The molecule has 4 heteroatoms. The predicted molar refractivity (Wildman–Crippen MR) is 59.1 cm³/mol. The number of amides is 1. The fraction of sp³-hybridized carbons (Fsp3) is 0.700. The van der Waals surface area contributed by atoms with Gasteiger partial charge in [-0.05, 0) is 44.8 Å². The fourth-order valence-corrected chi connectivity index (χ4v) is 1.90. The van der Waals surface area contributed by atoms with Gasteiger partial charge in [-0.2, -0.15) is 0 Å². The lowest BCUT2D eigenvalue weighted by atomic mass is 10.2. The standard InChI is InChI=1S/C10H17NO2S/c1-10(2,3)13-9(12)11-8-5-4-6-14-7-8/h7H,4-6H2,1-3H3,(H,11,12). The highest BCUT2D eigenvalue weighted by Gasteiger charge is 2.17. The number of nitrogens with one attached hydrogen (secondary N) is 1. The smallest absolute Gasteiger partial charge is 0.411 e. The molecule has 0 saturated carbocycles. The molecule has 0 saturated heterocycles. The van der Waals surface area contributed by atoms with Crippen molar-refractivity contribution in [2.24, 2.45) is 0 Å². The zero-order chi connectivity index (χ0) is 10.6.